The van der Waals surface area contributed by atoms with Crippen LogP contribution in [0.5, 0.6) is 0 Å². The number of nitrogens with zero attached hydrogens (tertiary/aromatic N) is 2. The maximum atomic E-state index is 13.8. The Morgan fingerprint density at radius 1 is 1.14 bits per heavy atom. The largest absolute Gasteiger partial charge is 0.361 e. The average Bonchev–Trinajstić information content (AvgIpc) is 3.48. The lowest BCUT2D eigenvalue weighted by atomic mass is 9.81. The van der Waals surface area contributed by atoms with Crippen LogP contribution in [-0.4, -0.2) is 29.5 Å². The van der Waals surface area contributed by atoms with E-state index in [1.165, 1.54) is 17.7 Å². The van der Waals surface area contributed by atoms with Gasteiger partial charge < -0.3 is 9.72 Å². The summed E-state index contributed by atoms with van der Waals surface area (Å²) in [5.74, 6) is -0.271. The molecule has 0 radical (unpaired) electrons. The van der Waals surface area contributed by atoms with E-state index in [0.717, 1.165) is 71.5 Å². The first-order valence-electron chi connectivity index (χ1n) is 12.5. The van der Waals surface area contributed by atoms with Crippen LogP contribution in [0.25, 0.3) is 10.9 Å². The summed E-state index contributed by atoms with van der Waals surface area (Å²) in [6.07, 6.45) is 6.52. The minimum atomic E-state index is -0.662. The van der Waals surface area contributed by atoms with Gasteiger partial charge in [-0.15, -0.1) is 6.58 Å². The lowest BCUT2D eigenvalue weighted by Gasteiger charge is -2.32. The van der Waals surface area contributed by atoms with Gasteiger partial charge in [-0.2, -0.15) is 5.26 Å². The van der Waals surface area contributed by atoms with Gasteiger partial charge in [0.25, 0.3) is 0 Å². The standard InChI is InChI=1S/C31H29ClFN3O/c1-2-14-36(16-12-23-20-35-30-11-7-26(32)18-28(23)30)15-3-13-31(25-5-8-27(33)9-6-25)29-10-4-22(19-34)17-24(29)21-37-31/h2,4-11,17-18,20,35H,1,3,12-16,21H2. The number of rotatable bonds is 10. The van der Waals surface area contributed by atoms with Crippen molar-refractivity contribution >= 4 is 22.5 Å². The van der Waals surface area contributed by atoms with Gasteiger partial charge in [-0.3, -0.25) is 4.90 Å². The van der Waals surface area contributed by atoms with E-state index >= 15 is 0 Å². The first kappa shape index (κ1) is 25.2. The Hall–Kier alpha value is -3.43. The SMILES string of the molecule is C=CCN(CCCC1(c2ccc(F)cc2)OCc2cc(C#N)ccc21)CCc1c[nH]c2ccc(Cl)cc12. The molecule has 6 heteroatoms. The molecule has 1 aliphatic rings. The molecule has 1 unspecified atom stereocenters. The molecule has 3 aromatic carbocycles. The zero-order valence-electron chi connectivity index (χ0n) is 20.6. The molecule has 0 amide bonds. The Labute approximate surface area is 221 Å². The van der Waals surface area contributed by atoms with Crippen LogP contribution in [0.1, 0.15) is 40.7 Å². The zero-order chi connectivity index (χ0) is 25.8. The number of nitrogens with one attached hydrogen (secondary N) is 1. The molecule has 0 aliphatic carbocycles. The van der Waals surface area contributed by atoms with Crippen LogP contribution in [0, 0.1) is 17.1 Å². The molecule has 1 aliphatic heterocycles. The van der Waals surface area contributed by atoms with Crippen LogP contribution in [0.2, 0.25) is 5.02 Å². The molecule has 0 bridgehead atoms. The number of halogens is 2. The first-order valence-corrected chi connectivity index (χ1v) is 12.9. The average molecular weight is 514 g/mol. The lowest BCUT2D eigenvalue weighted by molar-refractivity contribution is -0.0144. The quantitative estimate of drug-likeness (QED) is 0.230. The fourth-order valence-electron chi connectivity index (χ4n) is 5.43. The highest BCUT2D eigenvalue weighted by Crippen LogP contribution is 2.45. The Bertz CT molecular complexity index is 1460. The van der Waals surface area contributed by atoms with Gasteiger partial charge >= 0.3 is 0 Å². The minimum Gasteiger partial charge on any atom is -0.361 e. The molecule has 1 aromatic heterocycles. The lowest BCUT2D eigenvalue weighted by Crippen LogP contribution is -2.31. The van der Waals surface area contributed by atoms with Crippen molar-refractivity contribution in [2.24, 2.45) is 0 Å². The normalized spacial score (nSPS) is 16.7. The summed E-state index contributed by atoms with van der Waals surface area (Å²) in [6.45, 7) is 6.93. The van der Waals surface area contributed by atoms with E-state index < -0.39 is 5.60 Å². The van der Waals surface area contributed by atoms with Crippen molar-refractivity contribution in [1.82, 2.24) is 9.88 Å². The minimum absolute atomic E-state index is 0.271. The van der Waals surface area contributed by atoms with E-state index in [1.807, 2.05) is 54.6 Å². The zero-order valence-corrected chi connectivity index (χ0v) is 21.4. The van der Waals surface area contributed by atoms with Gasteiger partial charge in [0.2, 0.25) is 0 Å². The molecule has 37 heavy (non-hydrogen) atoms. The van der Waals surface area contributed by atoms with Crippen LogP contribution >= 0.6 is 11.6 Å². The van der Waals surface area contributed by atoms with Crippen molar-refractivity contribution < 1.29 is 9.13 Å². The molecule has 0 fully saturated rings. The smallest absolute Gasteiger partial charge is 0.123 e. The molecule has 5 rings (SSSR count). The summed E-state index contributed by atoms with van der Waals surface area (Å²) in [4.78, 5) is 5.73. The summed E-state index contributed by atoms with van der Waals surface area (Å²) < 4.78 is 20.2. The summed E-state index contributed by atoms with van der Waals surface area (Å²) in [7, 11) is 0. The molecule has 188 valence electrons. The summed E-state index contributed by atoms with van der Waals surface area (Å²) >= 11 is 6.23. The van der Waals surface area contributed by atoms with E-state index in [9.17, 15) is 9.65 Å². The van der Waals surface area contributed by atoms with Gasteiger partial charge in [0.15, 0.2) is 0 Å². The van der Waals surface area contributed by atoms with Gasteiger partial charge in [0.05, 0.1) is 18.2 Å². The van der Waals surface area contributed by atoms with Crippen molar-refractivity contribution in [3.8, 4) is 6.07 Å². The summed E-state index contributed by atoms with van der Waals surface area (Å²) in [6, 6.07) is 20.5. The highest BCUT2D eigenvalue weighted by molar-refractivity contribution is 6.31. The van der Waals surface area contributed by atoms with E-state index in [2.05, 4.69) is 28.7 Å². The predicted molar refractivity (Wildman–Crippen MR) is 146 cm³/mol. The van der Waals surface area contributed by atoms with Crippen molar-refractivity contribution in [3.63, 3.8) is 0 Å². The fraction of sp³-hybridized carbons (Fsp3) is 0.258. The van der Waals surface area contributed by atoms with Crippen LogP contribution in [-0.2, 0) is 23.4 Å². The fourth-order valence-corrected chi connectivity index (χ4v) is 5.60. The molecular weight excluding hydrogens is 485 g/mol. The molecular formula is C31H29ClFN3O. The molecule has 1 atom stereocenters. The van der Waals surface area contributed by atoms with E-state index in [0.29, 0.717) is 12.2 Å². The summed E-state index contributed by atoms with van der Waals surface area (Å²) in [5, 5.41) is 11.2. The number of aromatic nitrogens is 1. The third-order valence-electron chi connectivity index (χ3n) is 7.27. The van der Waals surface area contributed by atoms with Crippen molar-refractivity contribution in [2.45, 2.75) is 31.5 Å². The molecule has 0 spiro atoms. The molecule has 4 nitrogen and oxygen atoms in total. The van der Waals surface area contributed by atoms with Gasteiger partial charge in [-0.1, -0.05) is 35.9 Å². The number of H-pyrrole nitrogens is 1. The third-order valence-corrected chi connectivity index (χ3v) is 7.51. The number of hydrogen-bond donors (Lipinski definition) is 1. The Morgan fingerprint density at radius 3 is 2.76 bits per heavy atom. The Kier molecular flexibility index (Phi) is 7.43. The van der Waals surface area contributed by atoms with Gasteiger partial charge in [0.1, 0.15) is 11.4 Å². The second-order valence-electron chi connectivity index (χ2n) is 9.55. The topological polar surface area (TPSA) is 52.0 Å². The molecule has 2 heterocycles. The number of nitriles is 1. The van der Waals surface area contributed by atoms with E-state index in [-0.39, 0.29) is 5.82 Å². The van der Waals surface area contributed by atoms with Crippen LogP contribution in [0.3, 0.4) is 0 Å². The van der Waals surface area contributed by atoms with Crippen LogP contribution in [0.4, 0.5) is 4.39 Å². The van der Waals surface area contributed by atoms with Crippen molar-refractivity contribution in [3.05, 3.63) is 118 Å². The van der Waals surface area contributed by atoms with Gasteiger partial charge in [-0.05, 0) is 90.5 Å². The predicted octanol–water partition coefficient (Wildman–Crippen LogP) is 7.12. The van der Waals surface area contributed by atoms with Gasteiger partial charge in [0, 0.05) is 35.2 Å². The monoisotopic (exact) mass is 513 g/mol. The number of benzene rings is 3. The van der Waals surface area contributed by atoms with Crippen molar-refractivity contribution in [2.75, 3.05) is 19.6 Å². The van der Waals surface area contributed by atoms with Crippen molar-refractivity contribution in [1.29, 1.82) is 5.26 Å². The molecule has 1 N–H and O–H groups in total. The number of aromatic amines is 1. The highest BCUT2D eigenvalue weighted by atomic mass is 35.5. The highest BCUT2D eigenvalue weighted by Gasteiger charge is 2.41. The van der Waals surface area contributed by atoms with Crippen LogP contribution in [0.15, 0.2) is 79.5 Å². The molecule has 0 saturated heterocycles. The van der Waals surface area contributed by atoms with E-state index in [1.54, 1.807) is 0 Å². The number of ether oxygens (including phenoxy) is 1. The maximum Gasteiger partial charge on any atom is 0.123 e. The first-order chi connectivity index (χ1) is 18.0. The number of fused-ring (bicyclic) bond motifs is 2. The van der Waals surface area contributed by atoms with Gasteiger partial charge in [-0.25, -0.2) is 4.39 Å². The van der Waals surface area contributed by atoms with Crippen LogP contribution < -0.4 is 0 Å². The summed E-state index contributed by atoms with van der Waals surface area (Å²) in [5.41, 5.74) is 5.30. The third kappa shape index (κ3) is 5.19. The number of hydrogen-bond acceptors (Lipinski definition) is 3. The molecule has 4 aromatic rings. The maximum absolute atomic E-state index is 13.8. The second kappa shape index (κ2) is 10.9. The Morgan fingerprint density at radius 2 is 1.97 bits per heavy atom. The van der Waals surface area contributed by atoms with E-state index in [4.69, 9.17) is 16.3 Å². The second-order valence-corrected chi connectivity index (χ2v) is 9.99. The molecule has 0 saturated carbocycles. The Balaban J connectivity index is 1.32.